The van der Waals surface area contributed by atoms with Crippen LogP contribution in [-0.2, 0) is 0 Å². The number of carbonyl (C=O) groups excluding carboxylic acids is 1. The maximum atomic E-state index is 11.0. The number of hydrogen-bond donors (Lipinski definition) is 2. The lowest BCUT2D eigenvalue weighted by molar-refractivity contribution is -0.0000107. The van der Waals surface area contributed by atoms with Gasteiger partial charge in [-0.15, -0.1) is 0 Å². The molecule has 1 aromatic heterocycles. The van der Waals surface area contributed by atoms with Crippen LogP contribution in [-0.4, -0.2) is 19.0 Å². The van der Waals surface area contributed by atoms with Gasteiger partial charge in [-0.25, -0.2) is 0 Å². The van der Waals surface area contributed by atoms with E-state index in [0.717, 1.165) is 0 Å². The van der Waals surface area contributed by atoms with Crippen LogP contribution in [0.1, 0.15) is 10.6 Å². The molecule has 0 bridgehead atoms. The zero-order chi connectivity index (χ0) is 8.10. The summed E-state index contributed by atoms with van der Waals surface area (Å²) in [6.45, 7) is 0.909. The molecule has 1 heterocycles. The predicted octanol–water partition coefficient (Wildman–Crippen LogP) is -3.03. The quantitative estimate of drug-likeness (QED) is 0.532. The third-order valence-corrected chi connectivity index (χ3v) is 1.17. The Balaban J connectivity index is 0.00000121. The Kier molecular flexibility index (Phi) is 5.16. The minimum atomic E-state index is -0.222. The molecule has 0 aliphatic heterocycles. The van der Waals surface area contributed by atoms with Gasteiger partial charge in [-0.1, -0.05) is 0 Å². The minimum absolute atomic E-state index is 0. The lowest BCUT2D eigenvalue weighted by atomic mass is 10.4. The maximum Gasteiger partial charge on any atom is 0.287 e. The van der Waals surface area contributed by atoms with Gasteiger partial charge in [0.25, 0.3) is 5.91 Å². The fraction of sp³-hybridized carbons (Fsp3) is 0.286. The standard InChI is InChI=1S/C7H10N2O2.ClH/c8-3-4-9-7(10)6-2-1-5-11-6;/h1-2,5H,3-4,8H2,(H,9,10);1H/p-1. The highest BCUT2D eigenvalue weighted by molar-refractivity contribution is 5.91. The minimum Gasteiger partial charge on any atom is -1.00 e. The third-order valence-electron chi connectivity index (χ3n) is 1.17. The van der Waals surface area contributed by atoms with Crippen LogP contribution in [0.5, 0.6) is 0 Å². The summed E-state index contributed by atoms with van der Waals surface area (Å²) in [7, 11) is 0. The summed E-state index contributed by atoms with van der Waals surface area (Å²) in [6.07, 6.45) is 1.46. The molecule has 5 heteroatoms. The van der Waals surface area contributed by atoms with Gasteiger partial charge in [-0.2, -0.15) is 0 Å². The first-order chi connectivity index (χ1) is 5.34. The second kappa shape index (κ2) is 5.62. The Morgan fingerprint density at radius 1 is 1.67 bits per heavy atom. The molecule has 0 radical (unpaired) electrons. The number of carbonyl (C=O) groups is 1. The Hall–Kier alpha value is -1.00. The molecule has 0 fully saturated rings. The van der Waals surface area contributed by atoms with Crippen molar-refractivity contribution in [2.75, 3.05) is 13.1 Å². The number of furan rings is 1. The number of hydrogen-bond acceptors (Lipinski definition) is 3. The van der Waals surface area contributed by atoms with Gasteiger partial charge in [0, 0.05) is 13.1 Å². The summed E-state index contributed by atoms with van der Waals surface area (Å²) in [6, 6.07) is 3.27. The van der Waals surface area contributed by atoms with Crippen molar-refractivity contribution >= 4 is 5.91 Å². The molecule has 0 saturated heterocycles. The first-order valence-corrected chi connectivity index (χ1v) is 3.36. The molecule has 0 unspecified atom stereocenters. The summed E-state index contributed by atoms with van der Waals surface area (Å²) >= 11 is 0. The highest BCUT2D eigenvalue weighted by atomic mass is 35.5. The van der Waals surface area contributed by atoms with E-state index in [1.54, 1.807) is 12.1 Å². The van der Waals surface area contributed by atoms with E-state index in [1.165, 1.54) is 6.26 Å². The van der Waals surface area contributed by atoms with Crippen molar-refractivity contribution < 1.29 is 21.6 Å². The predicted molar refractivity (Wildman–Crippen MR) is 40.1 cm³/mol. The second-order valence-electron chi connectivity index (χ2n) is 2.02. The van der Waals surface area contributed by atoms with Crippen LogP contribution in [0.15, 0.2) is 22.8 Å². The van der Waals surface area contributed by atoms with Gasteiger partial charge in [-0.3, -0.25) is 4.79 Å². The fourth-order valence-electron chi connectivity index (χ4n) is 0.681. The molecule has 4 nitrogen and oxygen atoms in total. The van der Waals surface area contributed by atoms with Crippen molar-refractivity contribution in [1.29, 1.82) is 0 Å². The topological polar surface area (TPSA) is 68.3 Å². The van der Waals surface area contributed by atoms with Crippen LogP contribution in [0.4, 0.5) is 0 Å². The number of halogens is 1. The molecule has 0 aliphatic carbocycles. The molecule has 1 rings (SSSR count). The van der Waals surface area contributed by atoms with E-state index in [0.29, 0.717) is 18.8 Å². The average molecular weight is 190 g/mol. The average Bonchev–Trinajstić information content (AvgIpc) is 2.52. The summed E-state index contributed by atoms with van der Waals surface area (Å²) in [4.78, 5) is 11.0. The Morgan fingerprint density at radius 2 is 2.42 bits per heavy atom. The van der Waals surface area contributed by atoms with Gasteiger partial charge in [-0.05, 0) is 12.1 Å². The van der Waals surface area contributed by atoms with Crippen LogP contribution in [0.3, 0.4) is 0 Å². The summed E-state index contributed by atoms with van der Waals surface area (Å²) in [5.74, 6) is 0.0962. The highest BCUT2D eigenvalue weighted by Gasteiger charge is 2.05. The lowest BCUT2D eigenvalue weighted by Gasteiger charge is -1.98. The van der Waals surface area contributed by atoms with Crippen molar-refractivity contribution in [3.63, 3.8) is 0 Å². The van der Waals surface area contributed by atoms with Crippen LogP contribution < -0.4 is 23.5 Å². The van der Waals surface area contributed by atoms with Crippen LogP contribution in [0.25, 0.3) is 0 Å². The van der Waals surface area contributed by atoms with Crippen LogP contribution >= 0.6 is 0 Å². The van der Waals surface area contributed by atoms with Gasteiger partial charge in [0.2, 0.25) is 0 Å². The SMILES string of the molecule is NCCNC(=O)c1ccco1.[Cl-]. The Labute approximate surface area is 76.5 Å². The normalized spacial score (nSPS) is 8.75. The molecule has 1 amide bonds. The first-order valence-electron chi connectivity index (χ1n) is 3.36. The molecule has 0 atom stereocenters. The summed E-state index contributed by atoms with van der Waals surface area (Å²) in [5.41, 5.74) is 5.18. The highest BCUT2D eigenvalue weighted by Crippen LogP contribution is 1.98. The van der Waals surface area contributed by atoms with Gasteiger partial charge in [0.15, 0.2) is 5.76 Å². The molecular weight excluding hydrogens is 180 g/mol. The van der Waals surface area contributed by atoms with E-state index in [1.807, 2.05) is 0 Å². The molecule has 1 aromatic rings. The maximum absolute atomic E-state index is 11.0. The van der Waals surface area contributed by atoms with Gasteiger partial charge >= 0.3 is 0 Å². The molecule has 0 saturated carbocycles. The lowest BCUT2D eigenvalue weighted by Crippen LogP contribution is -3.00. The van der Waals surface area contributed by atoms with Crippen molar-refractivity contribution in [3.05, 3.63) is 24.2 Å². The molecule has 0 aromatic carbocycles. The van der Waals surface area contributed by atoms with E-state index in [-0.39, 0.29) is 18.3 Å². The van der Waals surface area contributed by atoms with Crippen molar-refractivity contribution in [2.24, 2.45) is 5.73 Å². The summed E-state index contributed by atoms with van der Waals surface area (Å²) in [5, 5.41) is 2.58. The van der Waals surface area contributed by atoms with E-state index in [2.05, 4.69) is 5.32 Å². The molecule has 68 valence electrons. The van der Waals surface area contributed by atoms with Gasteiger partial charge < -0.3 is 27.9 Å². The van der Waals surface area contributed by atoms with Crippen LogP contribution in [0.2, 0.25) is 0 Å². The first kappa shape index (κ1) is 11.0. The van der Waals surface area contributed by atoms with Crippen molar-refractivity contribution in [2.45, 2.75) is 0 Å². The summed E-state index contributed by atoms with van der Waals surface area (Å²) < 4.78 is 4.84. The van der Waals surface area contributed by atoms with Gasteiger partial charge in [0.1, 0.15) is 0 Å². The Bertz CT molecular complexity index is 223. The zero-order valence-electron chi connectivity index (χ0n) is 6.42. The molecule has 3 N–H and O–H groups in total. The van der Waals surface area contributed by atoms with E-state index >= 15 is 0 Å². The van der Waals surface area contributed by atoms with Crippen molar-refractivity contribution in [1.82, 2.24) is 5.32 Å². The number of nitrogens with one attached hydrogen (secondary N) is 1. The molecule has 0 aliphatic rings. The second-order valence-corrected chi connectivity index (χ2v) is 2.02. The van der Waals surface area contributed by atoms with E-state index in [4.69, 9.17) is 10.2 Å². The molecular formula is C7H10ClN2O2-. The van der Waals surface area contributed by atoms with Crippen LogP contribution in [0, 0.1) is 0 Å². The monoisotopic (exact) mass is 189 g/mol. The zero-order valence-corrected chi connectivity index (χ0v) is 7.17. The number of nitrogens with two attached hydrogens (primary N) is 1. The smallest absolute Gasteiger partial charge is 0.287 e. The largest absolute Gasteiger partial charge is 1.00 e. The molecule has 12 heavy (non-hydrogen) atoms. The number of amides is 1. The molecule has 0 spiro atoms. The van der Waals surface area contributed by atoms with E-state index < -0.39 is 0 Å². The number of rotatable bonds is 3. The third kappa shape index (κ3) is 2.94. The van der Waals surface area contributed by atoms with Crippen molar-refractivity contribution in [3.8, 4) is 0 Å². The van der Waals surface area contributed by atoms with Gasteiger partial charge in [0.05, 0.1) is 6.26 Å². The van der Waals surface area contributed by atoms with E-state index in [9.17, 15) is 4.79 Å². The Morgan fingerprint density at radius 3 is 2.92 bits per heavy atom. The fourth-order valence-corrected chi connectivity index (χ4v) is 0.681.